The van der Waals surface area contributed by atoms with Gasteiger partial charge >= 0.3 is 0 Å². The topological polar surface area (TPSA) is 99.1 Å². The molecule has 0 radical (unpaired) electrons. The van der Waals surface area contributed by atoms with Gasteiger partial charge < -0.3 is 0 Å². The third-order valence-corrected chi connectivity index (χ3v) is 3.35. The van der Waals surface area contributed by atoms with Gasteiger partial charge in [-0.25, -0.2) is 0 Å². The Morgan fingerprint density at radius 3 is 2.29 bits per heavy atom. The summed E-state index contributed by atoms with van der Waals surface area (Å²) < 4.78 is 53.9. The van der Waals surface area contributed by atoms with Crippen LogP contribution in [-0.2, 0) is 28.6 Å². The Hall–Kier alpha value is -1.03. The van der Waals surface area contributed by atoms with E-state index in [1.165, 1.54) is 6.20 Å². The van der Waals surface area contributed by atoms with Gasteiger partial charge in [0.2, 0.25) is 0 Å². The molecule has 0 saturated carbocycles. The van der Waals surface area contributed by atoms with Crippen molar-refractivity contribution in [1.82, 2.24) is 0 Å². The van der Waals surface area contributed by atoms with Gasteiger partial charge in [0.05, 0.1) is 19.1 Å². The number of hydrogen-bond donors (Lipinski definition) is 0. The molecule has 1 atom stereocenters. The van der Waals surface area contributed by atoms with Gasteiger partial charge in [-0.15, -0.1) is 0 Å². The highest BCUT2D eigenvalue weighted by Gasteiger charge is 2.19. The van der Waals surface area contributed by atoms with E-state index in [9.17, 15) is 16.8 Å². The Morgan fingerprint density at radius 1 is 1.24 bits per heavy atom. The zero-order valence-corrected chi connectivity index (χ0v) is 14.0. The van der Waals surface area contributed by atoms with Crippen molar-refractivity contribution < 1.29 is 25.2 Å². The fourth-order valence-corrected chi connectivity index (χ4v) is 2.54. The molecule has 0 amide bonds. The molecule has 0 aliphatic carbocycles. The first kappa shape index (κ1) is 20.0. The van der Waals surface area contributed by atoms with Crippen LogP contribution >= 0.6 is 0 Å². The summed E-state index contributed by atoms with van der Waals surface area (Å²) in [5.41, 5.74) is 0.525. The minimum absolute atomic E-state index is 0.0485. The van der Waals surface area contributed by atoms with Crippen LogP contribution in [0.3, 0.4) is 0 Å². The van der Waals surface area contributed by atoms with Crippen molar-refractivity contribution in [3.05, 3.63) is 23.9 Å². The second-order valence-electron chi connectivity index (χ2n) is 4.27. The van der Waals surface area contributed by atoms with Gasteiger partial charge in [-0.2, -0.15) is 16.8 Å². The molecule has 122 valence electrons. The number of nitrogens with zero attached hydrogens (tertiary/aromatic N) is 1. The summed E-state index contributed by atoms with van der Waals surface area (Å²) >= 11 is 0. The summed E-state index contributed by atoms with van der Waals surface area (Å²) in [7, 11) is -7.18. The van der Waals surface area contributed by atoms with Crippen LogP contribution in [0.15, 0.2) is 28.9 Å². The van der Waals surface area contributed by atoms with Crippen LogP contribution in [0.4, 0.5) is 0 Å². The number of allylic oxidation sites excluding steroid dienone is 1. The Kier molecular flexibility index (Phi) is 8.64. The van der Waals surface area contributed by atoms with Crippen LogP contribution in [0.25, 0.3) is 0 Å². The van der Waals surface area contributed by atoms with E-state index in [1.807, 2.05) is 0 Å². The summed E-state index contributed by atoms with van der Waals surface area (Å²) in [5, 5.41) is 0. The van der Waals surface area contributed by atoms with E-state index in [-0.39, 0.29) is 13.0 Å². The molecular formula is C12H21NO6S2. The van der Waals surface area contributed by atoms with E-state index in [2.05, 4.69) is 15.9 Å². The molecule has 0 spiro atoms. The van der Waals surface area contributed by atoms with Crippen LogP contribution in [0.5, 0.6) is 0 Å². The van der Waals surface area contributed by atoms with E-state index < -0.39 is 26.3 Å². The molecule has 0 aliphatic heterocycles. The maximum absolute atomic E-state index is 11.3. The summed E-state index contributed by atoms with van der Waals surface area (Å²) in [4.78, 5) is 3.61. The maximum Gasteiger partial charge on any atom is 0.264 e. The molecule has 0 saturated heterocycles. The maximum atomic E-state index is 11.3. The van der Waals surface area contributed by atoms with Gasteiger partial charge in [0.15, 0.2) is 0 Å². The highest BCUT2D eigenvalue weighted by atomic mass is 32.2. The molecule has 9 heteroatoms. The zero-order valence-electron chi connectivity index (χ0n) is 12.4. The standard InChI is InChI=1S/C12H21NO6S2/c1-5-7-11(10-13-2)12(19-21(4,16)17)8-6-9-18-20(3,14)15/h5,7,10,12H,2,6,8-9H2,1,3-4H3/b7-5-,11-10+. The Morgan fingerprint density at radius 2 is 1.86 bits per heavy atom. The van der Waals surface area contributed by atoms with Crippen molar-refractivity contribution >= 4 is 27.0 Å². The third-order valence-electron chi connectivity index (χ3n) is 2.17. The van der Waals surface area contributed by atoms with Crippen LogP contribution in [0, 0.1) is 0 Å². The van der Waals surface area contributed by atoms with E-state index in [1.54, 1.807) is 19.1 Å². The molecule has 0 aromatic carbocycles. The molecule has 0 aliphatic rings. The SMILES string of the molecule is C=N/C=C(\C=C/C)C(CCCOS(C)(=O)=O)OS(C)(=O)=O. The highest BCUT2D eigenvalue weighted by Crippen LogP contribution is 2.17. The Balaban J connectivity index is 4.89. The zero-order chi connectivity index (χ0) is 16.5. The first-order valence-corrected chi connectivity index (χ1v) is 9.73. The Labute approximate surface area is 126 Å². The Bertz CT molecular complexity index is 589. The van der Waals surface area contributed by atoms with E-state index in [4.69, 9.17) is 4.18 Å². The molecule has 21 heavy (non-hydrogen) atoms. The van der Waals surface area contributed by atoms with Gasteiger partial charge in [0.1, 0.15) is 6.10 Å². The summed E-state index contributed by atoms with van der Waals surface area (Å²) in [6.45, 7) is 5.04. The monoisotopic (exact) mass is 339 g/mol. The van der Waals surface area contributed by atoms with E-state index in [0.717, 1.165) is 12.5 Å². The van der Waals surface area contributed by atoms with Gasteiger partial charge in [-0.1, -0.05) is 12.2 Å². The van der Waals surface area contributed by atoms with Crippen molar-refractivity contribution in [2.45, 2.75) is 25.9 Å². The average molecular weight is 339 g/mol. The van der Waals surface area contributed by atoms with Crippen LogP contribution < -0.4 is 0 Å². The second kappa shape index (κ2) is 9.08. The first-order valence-electron chi connectivity index (χ1n) is 6.10. The molecule has 0 bridgehead atoms. The number of hydrogen-bond acceptors (Lipinski definition) is 7. The van der Waals surface area contributed by atoms with Gasteiger partial charge in [-0.3, -0.25) is 13.4 Å². The minimum Gasteiger partial charge on any atom is -0.272 e. The molecule has 0 fully saturated rings. The largest absolute Gasteiger partial charge is 0.272 e. The normalized spacial score (nSPS) is 15.3. The summed E-state index contributed by atoms with van der Waals surface area (Å²) in [6.07, 6.45) is 6.45. The van der Waals surface area contributed by atoms with Crippen molar-refractivity contribution in [2.75, 3.05) is 19.1 Å². The van der Waals surface area contributed by atoms with Crippen LogP contribution in [0.2, 0.25) is 0 Å². The predicted octanol–water partition coefficient (Wildman–Crippen LogP) is 1.25. The van der Waals surface area contributed by atoms with E-state index in [0.29, 0.717) is 12.0 Å². The molecule has 0 aromatic heterocycles. The predicted molar refractivity (Wildman–Crippen MR) is 82.2 cm³/mol. The van der Waals surface area contributed by atoms with Crippen LogP contribution in [-0.4, -0.2) is 48.8 Å². The lowest BCUT2D eigenvalue weighted by Crippen LogP contribution is -2.20. The lowest BCUT2D eigenvalue weighted by molar-refractivity contribution is 0.218. The quantitative estimate of drug-likeness (QED) is 0.257. The van der Waals surface area contributed by atoms with Gasteiger partial charge in [0.25, 0.3) is 20.2 Å². The van der Waals surface area contributed by atoms with Gasteiger partial charge in [-0.05, 0) is 26.5 Å². The molecule has 0 rings (SSSR count). The first-order chi connectivity index (χ1) is 9.59. The third kappa shape index (κ3) is 11.3. The summed E-state index contributed by atoms with van der Waals surface area (Å²) in [6, 6.07) is 0. The minimum atomic E-state index is -3.67. The average Bonchev–Trinajstić information content (AvgIpc) is 2.30. The summed E-state index contributed by atoms with van der Waals surface area (Å²) in [5.74, 6) is 0. The smallest absolute Gasteiger partial charge is 0.264 e. The number of rotatable bonds is 10. The number of aliphatic imine (C=N–C) groups is 1. The lowest BCUT2D eigenvalue weighted by atomic mass is 10.1. The van der Waals surface area contributed by atoms with Crippen molar-refractivity contribution in [3.8, 4) is 0 Å². The molecule has 7 nitrogen and oxygen atoms in total. The fraction of sp³-hybridized carbons (Fsp3) is 0.583. The fourth-order valence-electron chi connectivity index (χ4n) is 1.49. The molecule has 0 aromatic rings. The lowest BCUT2D eigenvalue weighted by Gasteiger charge is -2.17. The van der Waals surface area contributed by atoms with Crippen molar-refractivity contribution in [3.63, 3.8) is 0 Å². The molecule has 1 unspecified atom stereocenters. The second-order valence-corrected chi connectivity index (χ2v) is 7.51. The molecule has 0 heterocycles. The van der Waals surface area contributed by atoms with Crippen molar-refractivity contribution in [2.24, 2.45) is 4.99 Å². The van der Waals surface area contributed by atoms with Gasteiger partial charge in [0, 0.05) is 11.8 Å². The van der Waals surface area contributed by atoms with E-state index >= 15 is 0 Å². The molecular weight excluding hydrogens is 318 g/mol. The highest BCUT2D eigenvalue weighted by molar-refractivity contribution is 7.86. The molecule has 0 N–H and O–H groups in total. The van der Waals surface area contributed by atoms with Crippen LogP contribution in [0.1, 0.15) is 19.8 Å². The van der Waals surface area contributed by atoms with Crippen molar-refractivity contribution in [1.29, 1.82) is 0 Å².